The Labute approximate surface area is 396 Å². The first kappa shape index (κ1) is 40.2. The minimum absolute atomic E-state index is 0.170. The SMILES string of the molecule is CCC1/C=C(/c2ccc3c(-n4c5ccccc5c5cc6c7ccc8ccccc8c7n(-c7cccc8ccccc78)c6cc54)cccc3c2)NC(c2ccccc2)CCC(C)=C1c1ccccc1. The molecule has 1 N–H and O–H groups in total. The quantitative estimate of drug-likeness (QED) is 0.177. The van der Waals surface area contributed by atoms with E-state index < -0.39 is 0 Å². The molecule has 1 aliphatic rings. The second-order valence-corrected chi connectivity index (χ2v) is 18.8. The van der Waals surface area contributed by atoms with E-state index in [4.69, 9.17) is 0 Å². The van der Waals surface area contributed by atoms with Crippen LogP contribution in [0.2, 0.25) is 0 Å². The van der Waals surface area contributed by atoms with Crippen LogP contribution < -0.4 is 5.32 Å². The highest BCUT2D eigenvalue weighted by Crippen LogP contribution is 2.44. The number of hydrogen-bond acceptors (Lipinski definition) is 1. The lowest BCUT2D eigenvalue weighted by atomic mass is 9.84. The Morgan fingerprint density at radius 1 is 0.456 bits per heavy atom. The largest absolute Gasteiger partial charge is 0.378 e. The average molecular weight is 874 g/mol. The molecule has 68 heavy (non-hydrogen) atoms. The van der Waals surface area contributed by atoms with Crippen molar-refractivity contribution in [1.29, 1.82) is 0 Å². The molecule has 0 radical (unpaired) electrons. The van der Waals surface area contributed by atoms with E-state index in [1.54, 1.807) is 0 Å². The van der Waals surface area contributed by atoms with Crippen molar-refractivity contribution < 1.29 is 0 Å². The van der Waals surface area contributed by atoms with Crippen molar-refractivity contribution in [1.82, 2.24) is 14.5 Å². The third-order valence-corrected chi connectivity index (χ3v) is 14.9. The van der Waals surface area contributed by atoms with Gasteiger partial charge in [-0.15, -0.1) is 0 Å². The predicted octanol–water partition coefficient (Wildman–Crippen LogP) is 17.3. The van der Waals surface area contributed by atoms with Gasteiger partial charge in [0.15, 0.2) is 0 Å². The Balaban J connectivity index is 1.03. The summed E-state index contributed by atoms with van der Waals surface area (Å²) in [5, 5.41) is 16.5. The van der Waals surface area contributed by atoms with Gasteiger partial charge >= 0.3 is 0 Å². The van der Waals surface area contributed by atoms with E-state index in [2.05, 4.69) is 247 Å². The van der Waals surface area contributed by atoms with Gasteiger partial charge in [-0.1, -0.05) is 194 Å². The van der Waals surface area contributed by atoms with Crippen LogP contribution in [0.5, 0.6) is 0 Å². The number of hydrogen-bond donors (Lipinski definition) is 1. The molecule has 0 aliphatic carbocycles. The molecule has 3 nitrogen and oxygen atoms in total. The highest BCUT2D eigenvalue weighted by Gasteiger charge is 2.24. The molecule has 0 fully saturated rings. The van der Waals surface area contributed by atoms with Crippen LogP contribution in [0.3, 0.4) is 0 Å². The molecule has 10 aromatic carbocycles. The minimum Gasteiger partial charge on any atom is -0.378 e. The highest BCUT2D eigenvalue weighted by atomic mass is 15.0. The number of benzene rings is 10. The lowest BCUT2D eigenvalue weighted by molar-refractivity contribution is 0.580. The van der Waals surface area contributed by atoms with Gasteiger partial charge in [0.1, 0.15) is 0 Å². The number of rotatable bonds is 6. The van der Waals surface area contributed by atoms with Gasteiger partial charge in [0.05, 0.1) is 39.5 Å². The molecule has 2 atom stereocenters. The summed E-state index contributed by atoms with van der Waals surface area (Å²) in [6.45, 7) is 4.69. The smallest absolute Gasteiger partial charge is 0.0619 e. The van der Waals surface area contributed by atoms with Crippen molar-refractivity contribution in [3.8, 4) is 11.4 Å². The number of nitrogens with zero attached hydrogens (tertiary/aromatic N) is 2. The molecule has 2 unspecified atom stereocenters. The maximum Gasteiger partial charge on any atom is 0.0619 e. The summed E-state index contributed by atoms with van der Waals surface area (Å²) in [7, 11) is 0. The maximum atomic E-state index is 4.14. The molecule has 1 aliphatic heterocycles. The third kappa shape index (κ3) is 6.48. The molecule has 2 aromatic heterocycles. The second-order valence-electron chi connectivity index (χ2n) is 18.8. The van der Waals surface area contributed by atoms with Crippen molar-refractivity contribution in [3.05, 3.63) is 241 Å². The van der Waals surface area contributed by atoms with E-state index >= 15 is 0 Å². The molecular formula is C65H51N3. The van der Waals surface area contributed by atoms with Crippen molar-refractivity contribution >= 4 is 87.2 Å². The average Bonchev–Trinajstić information content (AvgIpc) is 3.92. The zero-order valence-corrected chi connectivity index (χ0v) is 38.5. The van der Waals surface area contributed by atoms with E-state index in [0.29, 0.717) is 0 Å². The number of allylic oxidation sites excluding steroid dienone is 3. The maximum absolute atomic E-state index is 4.14. The van der Waals surface area contributed by atoms with Crippen LogP contribution in [0.1, 0.15) is 55.8 Å². The Kier molecular flexibility index (Phi) is 9.64. The summed E-state index contributed by atoms with van der Waals surface area (Å²) < 4.78 is 5.06. The molecule has 0 saturated carbocycles. The molecule has 0 bridgehead atoms. The molecular weight excluding hydrogens is 823 g/mol. The van der Waals surface area contributed by atoms with E-state index in [1.165, 1.54) is 121 Å². The summed E-state index contributed by atoms with van der Waals surface area (Å²) in [6.07, 6.45) is 5.57. The van der Waals surface area contributed by atoms with E-state index in [1.807, 2.05) is 0 Å². The Morgan fingerprint density at radius 2 is 1.06 bits per heavy atom. The van der Waals surface area contributed by atoms with E-state index in [0.717, 1.165) is 19.3 Å². The zero-order chi connectivity index (χ0) is 45.3. The van der Waals surface area contributed by atoms with Crippen molar-refractivity contribution in [2.75, 3.05) is 0 Å². The van der Waals surface area contributed by atoms with Crippen LogP contribution >= 0.6 is 0 Å². The van der Waals surface area contributed by atoms with Crippen molar-refractivity contribution in [3.63, 3.8) is 0 Å². The van der Waals surface area contributed by atoms with Gasteiger partial charge in [0, 0.05) is 49.3 Å². The van der Waals surface area contributed by atoms with Crippen LogP contribution in [-0.2, 0) is 0 Å². The third-order valence-electron chi connectivity index (χ3n) is 14.9. The zero-order valence-electron chi connectivity index (χ0n) is 38.5. The Bertz CT molecular complexity index is 3990. The summed E-state index contributed by atoms with van der Waals surface area (Å²) in [4.78, 5) is 0. The van der Waals surface area contributed by atoms with Crippen molar-refractivity contribution in [2.24, 2.45) is 5.92 Å². The summed E-state index contributed by atoms with van der Waals surface area (Å²) in [5.41, 5.74) is 15.2. The van der Waals surface area contributed by atoms with Gasteiger partial charge in [-0.3, -0.25) is 0 Å². The second kappa shape index (κ2) is 16.3. The lowest BCUT2D eigenvalue weighted by Gasteiger charge is -2.23. The predicted molar refractivity (Wildman–Crippen MR) is 290 cm³/mol. The fraction of sp³-hybridized carbons (Fsp3) is 0.108. The number of fused-ring (bicyclic) bond motifs is 10. The summed E-state index contributed by atoms with van der Waals surface area (Å²) in [6, 6.07) is 79.1. The number of aromatic nitrogens is 2. The molecule has 13 rings (SSSR count). The topological polar surface area (TPSA) is 21.9 Å². The monoisotopic (exact) mass is 873 g/mol. The molecule has 3 heteroatoms. The summed E-state index contributed by atoms with van der Waals surface area (Å²) >= 11 is 0. The van der Waals surface area contributed by atoms with Crippen LogP contribution in [0.25, 0.3) is 98.6 Å². The van der Waals surface area contributed by atoms with E-state index in [-0.39, 0.29) is 12.0 Å². The summed E-state index contributed by atoms with van der Waals surface area (Å²) in [5.74, 6) is 0.258. The fourth-order valence-corrected chi connectivity index (χ4v) is 11.7. The van der Waals surface area contributed by atoms with Gasteiger partial charge in [-0.2, -0.15) is 0 Å². The lowest BCUT2D eigenvalue weighted by Crippen LogP contribution is -2.20. The molecule has 0 spiro atoms. The van der Waals surface area contributed by atoms with Gasteiger partial charge in [-0.05, 0) is 101 Å². The Hall–Kier alpha value is -8.14. The molecule has 326 valence electrons. The normalized spacial score (nSPS) is 16.6. The first-order valence-electron chi connectivity index (χ1n) is 24.3. The van der Waals surface area contributed by atoms with Gasteiger partial charge in [0.25, 0.3) is 0 Å². The Morgan fingerprint density at radius 3 is 1.85 bits per heavy atom. The number of nitrogens with one attached hydrogen (secondary N) is 1. The van der Waals surface area contributed by atoms with Crippen LogP contribution in [0.4, 0.5) is 0 Å². The van der Waals surface area contributed by atoms with Crippen LogP contribution in [0, 0.1) is 5.92 Å². The van der Waals surface area contributed by atoms with Gasteiger partial charge in [0.2, 0.25) is 0 Å². The van der Waals surface area contributed by atoms with Crippen LogP contribution in [0.15, 0.2) is 224 Å². The molecule has 12 aromatic rings. The molecule has 3 heterocycles. The standard InChI is InChI=1S/C65H51N3/c1-3-43-39-58(66-57(46-20-6-4-7-21-46)37-32-42(2)64(43)47-22-8-5-9-23-47)49-34-35-51-48(38-49)25-17-30-59(51)67-61-29-15-14-28-53(61)55-40-56-54-36-33-45-19-11-13-27-52(45)65(54)68(63(56)41-62(55)67)60-31-16-24-44-18-10-12-26-50(44)60/h4-31,33-36,38-41,43,57,66H,3,32,37H2,1-2H3/b58-39-,64-42?. The van der Waals surface area contributed by atoms with Crippen molar-refractivity contribution in [2.45, 2.75) is 39.2 Å². The molecule has 0 amide bonds. The van der Waals surface area contributed by atoms with Gasteiger partial charge < -0.3 is 14.5 Å². The fourth-order valence-electron chi connectivity index (χ4n) is 11.7. The number of para-hydroxylation sites is 1. The first-order chi connectivity index (χ1) is 33.6. The highest BCUT2D eigenvalue weighted by molar-refractivity contribution is 6.24. The molecule has 0 saturated heterocycles. The van der Waals surface area contributed by atoms with E-state index in [9.17, 15) is 0 Å². The van der Waals surface area contributed by atoms with Gasteiger partial charge in [-0.25, -0.2) is 0 Å². The van der Waals surface area contributed by atoms with Crippen LogP contribution in [-0.4, -0.2) is 9.13 Å². The minimum atomic E-state index is 0.170. The first-order valence-corrected chi connectivity index (χ1v) is 24.3.